The fourth-order valence-electron chi connectivity index (χ4n) is 1.81. The molecule has 0 fully saturated rings. The highest BCUT2D eigenvalue weighted by Crippen LogP contribution is 2.23. The highest BCUT2D eigenvalue weighted by molar-refractivity contribution is 9.10. The number of rotatable bonds is 9. The van der Waals surface area contributed by atoms with Crippen LogP contribution >= 0.6 is 15.9 Å². The average molecular weight is 378 g/mol. The summed E-state index contributed by atoms with van der Waals surface area (Å²) in [5.41, 5.74) is 0.953. The highest BCUT2D eigenvalue weighted by atomic mass is 79.9. The Labute approximate surface area is 136 Å². The molecule has 0 aliphatic carbocycles. The van der Waals surface area contributed by atoms with Gasteiger partial charge in [-0.15, -0.1) is 0 Å². The van der Waals surface area contributed by atoms with Crippen molar-refractivity contribution in [2.75, 3.05) is 33.7 Å². The molecule has 0 heterocycles. The maximum absolute atomic E-state index is 12.3. The van der Waals surface area contributed by atoms with Crippen molar-refractivity contribution in [2.45, 2.75) is 24.8 Å². The lowest BCUT2D eigenvalue weighted by Gasteiger charge is -2.12. The maximum atomic E-state index is 12.3. The fourth-order valence-corrected chi connectivity index (χ4v) is 3.90. The molecule has 0 amide bonds. The van der Waals surface area contributed by atoms with E-state index in [0.29, 0.717) is 22.5 Å². The number of benzene rings is 1. The van der Waals surface area contributed by atoms with Gasteiger partial charge in [0.2, 0.25) is 10.0 Å². The Kier molecular flexibility index (Phi) is 7.83. The molecule has 1 rings (SSSR count). The molecular weight excluding hydrogens is 354 g/mol. The predicted molar refractivity (Wildman–Crippen MR) is 89.9 cm³/mol. The zero-order valence-electron chi connectivity index (χ0n) is 12.8. The lowest BCUT2D eigenvalue weighted by Crippen LogP contribution is -2.27. The van der Waals surface area contributed by atoms with Crippen molar-refractivity contribution in [3.05, 3.63) is 28.2 Å². The van der Waals surface area contributed by atoms with Crippen molar-refractivity contribution < 1.29 is 8.42 Å². The fraction of sp³-hybridized carbons (Fsp3) is 0.571. The third-order valence-electron chi connectivity index (χ3n) is 2.94. The van der Waals surface area contributed by atoms with Crippen molar-refractivity contribution in [3.63, 3.8) is 0 Å². The normalized spacial score (nSPS) is 12.0. The SMILES string of the molecule is CCNCc1ccc(Br)c(S(=O)(=O)NCCCN(C)C)c1. The van der Waals surface area contributed by atoms with Crippen LogP contribution in [-0.4, -0.2) is 47.0 Å². The number of nitrogens with zero attached hydrogens (tertiary/aromatic N) is 1. The number of hydrogen-bond acceptors (Lipinski definition) is 4. The zero-order valence-corrected chi connectivity index (χ0v) is 15.2. The highest BCUT2D eigenvalue weighted by Gasteiger charge is 2.17. The van der Waals surface area contributed by atoms with Gasteiger partial charge in [-0.2, -0.15) is 0 Å². The van der Waals surface area contributed by atoms with Crippen molar-refractivity contribution in [1.82, 2.24) is 14.9 Å². The van der Waals surface area contributed by atoms with E-state index >= 15 is 0 Å². The molecule has 120 valence electrons. The van der Waals surface area contributed by atoms with Gasteiger partial charge < -0.3 is 10.2 Å². The van der Waals surface area contributed by atoms with Gasteiger partial charge in [0.1, 0.15) is 0 Å². The topological polar surface area (TPSA) is 61.4 Å². The molecule has 0 aliphatic heterocycles. The summed E-state index contributed by atoms with van der Waals surface area (Å²) < 4.78 is 27.9. The monoisotopic (exact) mass is 377 g/mol. The minimum atomic E-state index is -3.48. The van der Waals surface area contributed by atoms with Gasteiger partial charge in [-0.25, -0.2) is 13.1 Å². The van der Waals surface area contributed by atoms with Gasteiger partial charge in [0, 0.05) is 17.6 Å². The van der Waals surface area contributed by atoms with Crippen molar-refractivity contribution in [1.29, 1.82) is 0 Å². The van der Waals surface area contributed by atoms with Crippen LogP contribution in [0.25, 0.3) is 0 Å². The van der Waals surface area contributed by atoms with Crippen molar-refractivity contribution in [3.8, 4) is 0 Å². The summed E-state index contributed by atoms with van der Waals surface area (Å²) in [7, 11) is 0.456. The van der Waals surface area contributed by atoms with E-state index in [-0.39, 0.29) is 0 Å². The van der Waals surface area contributed by atoms with E-state index < -0.39 is 10.0 Å². The molecule has 0 aliphatic rings. The first kappa shape index (κ1) is 18.6. The summed E-state index contributed by atoms with van der Waals surface area (Å²) in [4.78, 5) is 2.32. The van der Waals surface area contributed by atoms with E-state index in [1.807, 2.05) is 32.0 Å². The standard InChI is InChI=1S/C14H24BrN3O2S/c1-4-16-11-12-6-7-13(15)14(10-12)21(19,20)17-8-5-9-18(2)3/h6-7,10,16-17H,4-5,8-9,11H2,1-3H3. The van der Waals surface area contributed by atoms with E-state index in [9.17, 15) is 8.42 Å². The van der Waals surface area contributed by atoms with E-state index in [2.05, 4.69) is 26.0 Å². The second-order valence-electron chi connectivity index (χ2n) is 5.10. The van der Waals surface area contributed by atoms with Crippen molar-refractivity contribution >= 4 is 26.0 Å². The molecule has 0 bridgehead atoms. The maximum Gasteiger partial charge on any atom is 0.241 e. The largest absolute Gasteiger partial charge is 0.313 e. The average Bonchev–Trinajstić information content (AvgIpc) is 2.42. The van der Waals surface area contributed by atoms with Gasteiger partial charge in [0.25, 0.3) is 0 Å². The second-order valence-corrected chi connectivity index (χ2v) is 7.69. The molecule has 7 heteroatoms. The number of hydrogen-bond donors (Lipinski definition) is 2. The van der Waals surface area contributed by atoms with Gasteiger partial charge in [0.05, 0.1) is 4.90 Å². The minimum absolute atomic E-state index is 0.294. The first-order valence-electron chi connectivity index (χ1n) is 7.00. The Morgan fingerprint density at radius 1 is 1.29 bits per heavy atom. The van der Waals surface area contributed by atoms with Crippen LogP contribution in [0.2, 0.25) is 0 Å². The first-order valence-corrected chi connectivity index (χ1v) is 9.28. The van der Waals surface area contributed by atoms with Gasteiger partial charge in [-0.1, -0.05) is 13.0 Å². The van der Waals surface area contributed by atoms with Crippen molar-refractivity contribution in [2.24, 2.45) is 0 Å². The molecule has 0 atom stereocenters. The van der Waals surface area contributed by atoms with Crippen LogP contribution in [0.4, 0.5) is 0 Å². The lowest BCUT2D eigenvalue weighted by atomic mass is 10.2. The molecule has 2 N–H and O–H groups in total. The Bertz CT molecular complexity index is 547. The number of sulfonamides is 1. The molecule has 0 saturated carbocycles. The molecule has 0 aromatic heterocycles. The molecule has 1 aromatic rings. The van der Waals surface area contributed by atoms with E-state index in [0.717, 1.165) is 25.1 Å². The van der Waals surface area contributed by atoms with Crippen LogP contribution in [-0.2, 0) is 16.6 Å². The van der Waals surface area contributed by atoms with Crippen LogP contribution in [0.1, 0.15) is 18.9 Å². The molecule has 0 spiro atoms. The molecule has 21 heavy (non-hydrogen) atoms. The van der Waals surface area contributed by atoms with Crippen LogP contribution < -0.4 is 10.0 Å². The van der Waals surface area contributed by atoms with Crippen LogP contribution in [0.15, 0.2) is 27.6 Å². The summed E-state index contributed by atoms with van der Waals surface area (Å²) in [5, 5.41) is 3.19. The van der Waals surface area contributed by atoms with Gasteiger partial charge in [-0.3, -0.25) is 0 Å². The Hall–Kier alpha value is -0.470. The Morgan fingerprint density at radius 2 is 2.00 bits per heavy atom. The molecule has 0 radical (unpaired) electrons. The summed E-state index contributed by atoms with van der Waals surface area (Å²) in [6, 6.07) is 5.40. The lowest BCUT2D eigenvalue weighted by molar-refractivity contribution is 0.400. The van der Waals surface area contributed by atoms with Gasteiger partial charge in [0.15, 0.2) is 0 Å². The first-order chi connectivity index (χ1) is 9.86. The van der Waals surface area contributed by atoms with Crippen LogP contribution in [0.5, 0.6) is 0 Å². The molecule has 1 aromatic carbocycles. The van der Waals surface area contributed by atoms with E-state index in [1.165, 1.54) is 0 Å². The molecule has 0 unspecified atom stereocenters. The summed E-state index contributed by atoms with van der Waals surface area (Å²) in [6.45, 7) is 4.81. The molecular formula is C14H24BrN3O2S. The van der Waals surface area contributed by atoms with Gasteiger partial charge in [-0.05, 0) is 67.2 Å². The van der Waals surface area contributed by atoms with E-state index in [1.54, 1.807) is 12.1 Å². The third-order valence-corrected chi connectivity index (χ3v) is 5.39. The quantitative estimate of drug-likeness (QED) is 0.644. The number of nitrogens with one attached hydrogen (secondary N) is 2. The zero-order chi connectivity index (χ0) is 15.9. The van der Waals surface area contributed by atoms with Gasteiger partial charge >= 0.3 is 0 Å². The van der Waals surface area contributed by atoms with Crippen LogP contribution in [0, 0.1) is 0 Å². The van der Waals surface area contributed by atoms with E-state index in [4.69, 9.17) is 0 Å². The number of halogens is 1. The molecule has 5 nitrogen and oxygen atoms in total. The third kappa shape index (κ3) is 6.44. The molecule has 0 saturated heterocycles. The summed E-state index contributed by atoms with van der Waals surface area (Å²) in [6.07, 6.45) is 0.779. The van der Waals surface area contributed by atoms with Crippen LogP contribution in [0.3, 0.4) is 0 Å². The predicted octanol–water partition coefficient (Wildman–Crippen LogP) is 1.79. The Balaban J connectivity index is 2.76. The summed E-state index contributed by atoms with van der Waals surface area (Å²) >= 11 is 3.32. The summed E-state index contributed by atoms with van der Waals surface area (Å²) in [5.74, 6) is 0. The smallest absolute Gasteiger partial charge is 0.241 e. The second kappa shape index (κ2) is 8.85. The Morgan fingerprint density at radius 3 is 2.62 bits per heavy atom. The minimum Gasteiger partial charge on any atom is -0.313 e.